The number of aromatic nitrogens is 2. The van der Waals surface area contributed by atoms with E-state index >= 15 is 0 Å². The summed E-state index contributed by atoms with van der Waals surface area (Å²) in [5, 5.41) is 2.47. The third-order valence-corrected chi connectivity index (χ3v) is 5.14. The molecule has 0 bridgehead atoms. The highest BCUT2D eigenvalue weighted by molar-refractivity contribution is 5.83. The van der Waals surface area contributed by atoms with Gasteiger partial charge < -0.3 is 9.30 Å². The van der Waals surface area contributed by atoms with Crippen LogP contribution in [0, 0.1) is 0 Å². The number of imidazole rings is 1. The van der Waals surface area contributed by atoms with Gasteiger partial charge in [-0.1, -0.05) is 42.5 Å². The largest absolute Gasteiger partial charge is 0.494 e. The first kappa shape index (κ1) is 15.4. The number of benzene rings is 3. The number of nitrogens with zero attached hydrogens (tertiary/aromatic N) is 2. The summed E-state index contributed by atoms with van der Waals surface area (Å²) in [6.07, 6.45) is 3.53. The van der Waals surface area contributed by atoms with Gasteiger partial charge in [0.15, 0.2) is 0 Å². The second kappa shape index (κ2) is 6.49. The molecular formula is C23H22N2O. The molecule has 3 heteroatoms. The number of para-hydroxylation sites is 2. The summed E-state index contributed by atoms with van der Waals surface area (Å²) in [5.41, 5.74) is 2.37. The highest BCUT2D eigenvalue weighted by atomic mass is 16.5. The van der Waals surface area contributed by atoms with Gasteiger partial charge in [0.25, 0.3) is 0 Å². The fourth-order valence-electron chi connectivity index (χ4n) is 3.65. The third-order valence-electron chi connectivity index (χ3n) is 5.14. The van der Waals surface area contributed by atoms with Crippen LogP contribution in [0.25, 0.3) is 21.8 Å². The number of ether oxygens (including phenoxy) is 1. The minimum atomic E-state index is 0.656. The zero-order chi connectivity index (χ0) is 17.3. The van der Waals surface area contributed by atoms with Crippen molar-refractivity contribution in [2.75, 3.05) is 6.61 Å². The van der Waals surface area contributed by atoms with E-state index in [-0.39, 0.29) is 0 Å². The van der Waals surface area contributed by atoms with E-state index in [1.807, 2.05) is 0 Å². The van der Waals surface area contributed by atoms with Crippen molar-refractivity contribution >= 4 is 21.8 Å². The Hall–Kier alpha value is -2.81. The highest BCUT2D eigenvalue weighted by Crippen LogP contribution is 2.40. The van der Waals surface area contributed by atoms with Gasteiger partial charge in [-0.25, -0.2) is 4.98 Å². The average molecular weight is 342 g/mol. The Balaban J connectivity index is 1.28. The predicted molar refractivity (Wildman–Crippen MR) is 106 cm³/mol. The minimum absolute atomic E-state index is 0.656. The van der Waals surface area contributed by atoms with E-state index in [1.54, 1.807) is 0 Å². The van der Waals surface area contributed by atoms with Crippen molar-refractivity contribution in [3.63, 3.8) is 0 Å². The first-order valence-electron chi connectivity index (χ1n) is 9.45. The van der Waals surface area contributed by atoms with Gasteiger partial charge in [0.2, 0.25) is 0 Å². The van der Waals surface area contributed by atoms with Crippen LogP contribution in [-0.2, 0) is 6.54 Å². The molecule has 5 rings (SSSR count). The summed E-state index contributed by atoms with van der Waals surface area (Å²) >= 11 is 0. The Morgan fingerprint density at radius 3 is 2.62 bits per heavy atom. The van der Waals surface area contributed by atoms with E-state index in [0.29, 0.717) is 5.92 Å². The molecule has 3 nitrogen and oxygen atoms in total. The number of rotatable bonds is 6. The number of aryl methyl sites for hydroxylation is 1. The van der Waals surface area contributed by atoms with Crippen LogP contribution in [0.5, 0.6) is 5.75 Å². The van der Waals surface area contributed by atoms with Gasteiger partial charge in [0.05, 0.1) is 17.6 Å². The van der Waals surface area contributed by atoms with E-state index < -0.39 is 0 Å². The van der Waals surface area contributed by atoms with Gasteiger partial charge in [-0.3, -0.25) is 0 Å². The molecule has 0 unspecified atom stereocenters. The fourth-order valence-corrected chi connectivity index (χ4v) is 3.65. The maximum absolute atomic E-state index is 6.01. The molecule has 3 aromatic carbocycles. The van der Waals surface area contributed by atoms with Crippen LogP contribution in [0.4, 0.5) is 0 Å². The van der Waals surface area contributed by atoms with Crippen LogP contribution in [-0.4, -0.2) is 16.2 Å². The Kier molecular flexibility index (Phi) is 3.85. The molecule has 0 spiro atoms. The highest BCUT2D eigenvalue weighted by Gasteiger charge is 2.29. The van der Waals surface area contributed by atoms with E-state index in [1.165, 1.54) is 35.0 Å². The number of fused-ring (bicyclic) bond motifs is 2. The second-order valence-corrected chi connectivity index (χ2v) is 7.10. The molecule has 1 saturated carbocycles. The smallest absolute Gasteiger partial charge is 0.119 e. The summed E-state index contributed by atoms with van der Waals surface area (Å²) < 4.78 is 8.41. The van der Waals surface area contributed by atoms with E-state index in [9.17, 15) is 0 Å². The first-order chi connectivity index (χ1) is 12.9. The summed E-state index contributed by atoms with van der Waals surface area (Å²) in [6.45, 7) is 1.68. The molecule has 1 aliphatic rings. The molecule has 0 radical (unpaired) electrons. The van der Waals surface area contributed by atoms with Crippen molar-refractivity contribution in [3.8, 4) is 5.75 Å². The molecule has 1 aliphatic carbocycles. The SMILES string of the molecule is c1ccc2cc(OCCCn3c(C4CC4)nc4ccccc43)ccc2c1. The van der Waals surface area contributed by atoms with Crippen molar-refractivity contribution < 1.29 is 4.74 Å². The van der Waals surface area contributed by atoms with E-state index in [2.05, 4.69) is 71.3 Å². The van der Waals surface area contributed by atoms with Gasteiger partial charge in [0, 0.05) is 12.5 Å². The minimum Gasteiger partial charge on any atom is -0.494 e. The molecule has 0 aliphatic heterocycles. The number of hydrogen-bond donors (Lipinski definition) is 0. The summed E-state index contributed by atoms with van der Waals surface area (Å²) in [6, 6.07) is 23.2. The summed E-state index contributed by atoms with van der Waals surface area (Å²) in [5.74, 6) is 2.86. The lowest BCUT2D eigenvalue weighted by molar-refractivity contribution is 0.302. The van der Waals surface area contributed by atoms with Gasteiger partial charge in [-0.2, -0.15) is 0 Å². The van der Waals surface area contributed by atoms with Crippen molar-refractivity contribution in [1.82, 2.24) is 9.55 Å². The van der Waals surface area contributed by atoms with Crippen molar-refractivity contribution in [1.29, 1.82) is 0 Å². The van der Waals surface area contributed by atoms with E-state index in [4.69, 9.17) is 9.72 Å². The van der Waals surface area contributed by atoms with Crippen LogP contribution < -0.4 is 4.74 Å². The van der Waals surface area contributed by atoms with E-state index in [0.717, 1.165) is 30.8 Å². The molecule has 0 atom stereocenters. The number of hydrogen-bond acceptors (Lipinski definition) is 2. The second-order valence-electron chi connectivity index (χ2n) is 7.10. The topological polar surface area (TPSA) is 27.1 Å². The lowest BCUT2D eigenvalue weighted by atomic mass is 10.1. The molecule has 0 amide bonds. The predicted octanol–water partition coefficient (Wildman–Crippen LogP) is 5.54. The molecular weight excluding hydrogens is 320 g/mol. The van der Waals surface area contributed by atoms with Crippen LogP contribution in [0.2, 0.25) is 0 Å². The average Bonchev–Trinajstić information content (AvgIpc) is 3.47. The fraction of sp³-hybridized carbons (Fsp3) is 0.261. The molecule has 1 heterocycles. The Morgan fingerprint density at radius 1 is 0.923 bits per heavy atom. The molecule has 130 valence electrons. The zero-order valence-corrected chi connectivity index (χ0v) is 14.8. The standard InChI is InChI=1S/C23H22N2O/c1-2-7-19-16-20(13-12-17(19)6-1)26-15-5-14-25-22-9-4-3-8-21(22)24-23(25)18-10-11-18/h1-4,6-9,12-13,16,18H,5,10-11,14-15H2. The molecule has 0 saturated heterocycles. The van der Waals surface area contributed by atoms with Crippen LogP contribution in [0.3, 0.4) is 0 Å². The molecule has 1 aromatic heterocycles. The van der Waals surface area contributed by atoms with Gasteiger partial charge in [0.1, 0.15) is 11.6 Å². The molecule has 26 heavy (non-hydrogen) atoms. The monoisotopic (exact) mass is 342 g/mol. The Labute approximate surface area is 153 Å². The van der Waals surface area contributed by atoms with Gasteiger partial charge in [-0.05, 0) is 54.3 Å². The van der Waals surface area contributed by atoms with Crippen molar-refractivity contribution in [3.05, 3.63) is 72.6 Å². The van der Waals surface area contributed by atoms with Crippen LogP contribution in [0.15, 0.2) is 66.7 Å². The maximum Gasteiger partial charge on any atom is 0.119 e. The van der Waals surface area contributed by atoms with Crippen LogP contribution >= 0.6 is 0 Å². The Morgan fingerprint density at radius 2 is 1.73 bits per heavy atom. The quantitative estimate of drug-likeness (QED) is 0.430. The van der Waals surface area contributed by atoms with Crippen molar-refractivity contribution in [2.24, 2.45) is 0 Å². The molecule has 1 fully saturated rings. The zero-order valence-electron chi connectivity index (χ0n) is 14.8. The third kappa shape index (κ3) is 2.94. The molecule has 0 N–H and O–H groups in total. The lowest BCUT2D eigenvalue weighted by Gasteiger charge is -2.10. The van der Waals surface area contributed by atoms with Crippen molar-refractivity contribution in [2.45, 2.75) is 31.7 Å². The summed E-state index contributed by atoms with van der Waals surface area (Å²) in [4.78, 5) is 4.87. The maximum atomic E-state index is 6.01. The van der Waals surface area contributed by atoms with Crippen LogP contribution in [0.1, 0.15) is 31.0 Å². The van der Waals surface area contributed by atoms with Gasteiger partial charge >= 0.3 is 0 Å². The first-order valence-corrected chi connectivity index (χ1v) is 9.45. The van der Waals surface area contributed by atoms with Gasteiger partial charge in [-0.15, -0.1) is 0 Å². The Bertz CT molecular complexity index is 1060. The summed E-state index contributed by atoms with van der Waals surface area (Å²) in [7, 11) is 0. The normalized spacial score (nSPS) is 14.2. The molecule has 4 aromatic rings. The lowest BCUT2D eigenvalue weighted by Crippen LogP contribution is -2.07.